The first-order valence-corrected chi connectivity index (χ1v) is 11.5. The van der Waals surface area contributed by atoms with Gasteiger partial charge in [0, 0.05) is 23.8 Å². The lowest BCUT2D eigenvalue weighted by Crippen LogP contribution is -2.04. The first-order chi connectivity index (χ1) is 15.1. The topological polar surface area (TPSA) is 29.9 Å². The van der Waals surface area contributed by atoms with Crippen LogP contribution in [0.5, 0.6) is 0 Å². The Balaban J connectivity index is 1.68. The van der Waals surface area contributed by atoms with Crippen molar-refractivity contribution in [3.63, 3.8) is 0 Å². The Morgan fingerprint density at radius 3 is 2.16 bits per heavy atom. The van der Waals surface area contributed by atoms with Crippen molar-refractivity contribution >= 4 is 22.5 Å². The van der Waals surface area contributed by atoms with E-state index in [0.717, 1.165) is 43.7 Å². The molecule has 0 saturated heterocycles. The number of hydrogen-bond donors (Lipinski definition) is 1. The number of para-hydroxylation sites is 1. The molecule has 2 aromatic heterocycles. The second kappa shape index (κ2) is 9.38. The predicted molar refractivity (Wildman–Crippen MR) is 132 cm³/mol. The molecule has 0 atom stereocenters. The highest BCUT2D eigenvalue weighted by molar-refractivity contribution is 5.79. The van der Waals surface area contributed by atoms with Crippen LogP contribution < -0.4 is 5.32 Å². The van der Waals surface area contributed by atoms with Gasteiger partial charge in [-0.25, -0.2) is 4.98 Å². The van der Waals surface area contributed by atoms with E-state index in [1.54, 1.807) is 0 Å². The highest BCUT2D eigenvalue weighted by Crippen LogP contribution is 2.28. The zero-order chi connectivity index (χ0) is 21.8. The Bertz CT molecular complexity index is 1140. The Hall–Kier alpha value is -3.07. The van der Waals surface area contributed by atoms with Crippen LogP contribution in [0.15, 0.2) is 60.8 Å². The van der Waals surface area contributed by atoms with Gasteiger partial charge in [0.25, 0.3) is 0 Å². The van der Waals surface area contributed by atoms with Crippen LogP contribution in [-0.2, 0) is 19.4 Å². The number of anilines is 2. The minimum Gasteiger partial charge on any atom is -0.340 e. The largest absolute Gasteiger partial charge is 0.340 e. The lowest BCUT2D eigenvalue weighted by Gasteiger charge is -2.16. The molecule has 3 nitrogen and oxygen atoms in total. The van der Waals surface area contributed by atoms with E-state index >= 15 is 0 Å². The molecule has 0 aliphatic carbocycles. The summed E-state index contributed by atoms with van der Waals surface area (Å²) >= 11 is 0. The van der Waals surface area contributed by atoms with Crippen LogP contribution in [0.4, 0.5) is 11.5 Å². The molecule has 0 aliphatic heterocycles. The van der Waals surface area contributed by atoms with Crippen LogP contribution in [0.2, 0.25) is 0 Å². The molecule has 2 aromatic carbocycles. The van der Waals surface area contributed by atoms with Gasteiger partial charge in [0.05, 0.1) is 0 Å². The third-order valence-electron chi connectivity index (χ3n) is 5.77. The number of aromatic nitrogens is 2. The molecule has 0 aliphatic rings. The summed E-state index contributed by atoms with van der Waals surface area (Å²) in [5, 5.41) is 4.85. The van der Waals surface area contributed by atoms with Gasteiger partial charge in [0.2, 0.25) is 0 Å². The molecule has 0 fully saturated rings. The van der Waals surface area contributed by atoms with E-state index < -0.39 is 0 Å². The molecular weight excluding hydrogens is 378 g/mol. The molecular formula is C28H33N3. The second-order valence-electron chi connectivity index (χ2n) is 8.63. The zero-order valence-corrected chi connectivity index (χ0v) is 19.2. The lowest BCUT2D eigenvalue weighted by atomic mass is 10.00. The van der Waals surface area contributed by atoms with Gasteiger partial charge < -0.3 is 9.88 Å². The molecule has 160 valence electrons. The third kappa shape index (κ3) is 4.82. The van der Waals surface area contributed by atoms with E-state index in [1.807, 2.05) is 0 Å². The van der Waals surface area contributed by atoms with Gasteiger partial charge in [-0.1, -0.05) is 74.2 Å². The maximum Gasteiger partial charge on any atom is 0.142 e. The number of nitrogens with one attached hydrogen (secondary N) is 1. The summed E-state index contributed by atoms with van der Waals surface area (Å²) in [5.41, 5.74) is 8.94. The summed E-state index contributed by atoms with van der Waals surface area (Å²) in [5.74, 6) is 0.911. The van der Waals surface area contributed by atoms with Crippen LogP contribution in [-0.4, -0.2) is 9.55 Å². The SMILES string of the molecule is CCCc1cccc(CCC)c1Nc1ccc2ccn(Cc3cc(C)cc(C)c3)c2n1. The quantitative estimate of drug-likeness (QED) is 0.328. The van der Waals surface area contributed by atoms with Gasteiger partial charge in [-0.05, 0) is 61.6 Å². The Morgan fingerprint density at radius 2 is 1.52 bits per heavy atom. The van der Waals surface area contributed by atoms with Crippen molar-refractivity contribution in [2.45, 2.75) is 59.9 Å². The van der Waals surface area contributed by atoms with Gasteiger partial charge in [-0.3, -0.25) is 0 Å². The Morgan fingerprint density at radius 1 is 0.839 bits per heavy atom. The fourth-order valence-electron chi connectivity index (χ4n) is 4.51. The number of nitrogens with zero attached hydrogens (tertiary/aromatic N) is 2. The highest BCUT2D eigenvalue weighted by atomic mass is 15.1. The van der Waals surface area contributed by atoms with E-state index in [4.69, 9.17) is 4.98 Å². The summed E-state index contributed by atoms with van der Waals surface area (Å²) in [6.45, 7) is 9.62. The average Bonchev–Trinajstić information content (AvgIpc) is 3.12. The highest BCUT2D eigenvalue weighted by Gasteiger charge is 2.11. The van der Waals surface area contributed by atoms with Crippen molar-refractivity contribution in [1.29, 1.82) is 0 Å². The number of benzene rings is 2. The van der Waals surface area contributed by atoms with Crippen molar-refractivity contribution < 1.29 is 0 Å². The predicted octanol–water partition coefficient (Wildman–Crippen LogP) is 7.35. The summed E-state index contributed by atoms with van der Waals surface area (Å²) in [4.78, 5) is 5.03. The lowest BCUT2D eigenvalue weighted by molar-refractivity contribution is 0.823. The minimum absolute atomic E-state index is 0.829. The summed E-state index contributed by atoms with van der Waals surface area (Å²) in [6, 6.07) is 19.8. The van der Waals surface area contributed by atoms with Crippen molar-refractivity contribution in [3.8, 4) is 0 Å². The van der Waals surface area contributed by atoms with Gasteiger partial charge >= 0.3 is 0 Å². The second-order valence-corrected chi connectivity index (χ2v) is 8.63. The van der Waals surface area contributed by atoms with Crippen LogP contribution in [0.25, 0.3) is 11.0 Å². The molecule has 0 radical (unpaired) electrons. The molecule has 0 unspecified atom stereocenters. The smallest absolute Gasteiger partial charge is 0.142 e. The van der Waals surface area contributed by atoms with Crippen LogP contribution in [0.3, 0.4) is 0 Å². The molecule has 0 bridgehead atoms. The van der Waals surface area contributed by atoms with Gasteiger partial charge in [0.15, 0.2) is 0 Å². The van der Waals surface area contributed by atoms with Crippen molar-refractivity contribution in [2.24, 2.45) is 0 Å². The zero-order valence-electron chi connectivity index (χ0n) is 19.2. The number of pyridine rings is 1. The van der Waals surface area contributed by atoms with Gasteiger partial charge in [0.1, 0.15) is 11.5 Å². The molecule has 0 saturated carbocycles. The number of aryl methyl sites for hydroxylation is 4. The maximum absolute atomic E-state index is 5.03. The van der Waals surface area contributed by atoms with E-state index in [-0.39, 0.29) is 0 Å². The first kappa shape index (κ1) is 21.2. The van der Waals surface area contributed by atoms with Crippen LogP contribution in [0.1, 0.15) is 54.5 Å². The summed E-state index contributed by atoms with van der Waals surface area (Å²) in [6.07, 6.45) is 6.56. The molecule has 31 heavy (non-hydrogen) atoms. The first-order valence-electron chi connectivity index (χ1n) is 11.5. The molecule has 0 spiro atoms. The average molecular weight is 412 g/mol. The van der Waals surface area contributed by atoms with Crippen molar-refractivity contribution in [1.82, 2.24) is 9.55 Å². The summed E-state index contributed by atoms with van der Waals surface area (Å²) < 4.78 is 2.25. The fraction of sp³-hybridized carbons (Fsp3) is 0.321. The van der Waals surface area contributed by atoms with Crippen molar-refractivity contribution in [2.75, 3.05) is 5.32 Å². The Kier molecular flexibility index (Phi) is 6.41. The standard InChI is InChI=1S/C28H33N3/c1-5-8-23-10-7-11-24(9-6-2)27(23)29-26-13-12-25-14-15-31(28(25)30-26)19-22-17-20(3)16-21(4)18-22/h7,10-18H,5-6,8-9,19H2,1-4H3,(H,29,30). The fourth-order valence-corrected chi connectivity index (χ4v) is 4.51. The van der Waals surface area contributed by atoms with E-state index in [2.05, 4.69) is 98.4 Å². The molecule has 2 heterocycles. The van der Waals surface area contributed by atoms with E-state index in [1.165, 1.54) is 38.9 Å². The van der Waals surface area contributed by atoms with Crippen molar-refractivity contribution in [3.05, 3.63) is 88.6 Å². The van der Waals surface area contributed by atoms with E-state index in [9.17, 15) is 0 Å². The molecule has 1 N–H and O–H groups in total. The van der Waals surface area contributed by atoms with Crippen LogP contribution in [0, 0.1) is 13.8 Å². The third-order valence-corrected chi connectivity index (χ3v) is 5.77. The monoisotopic (exact) mass is 411 g/mol. The normalized spacial score (nSPS) is 11.2. The molecule has 0 amide bonds. The minimum atomic E-state index is 0.829. The van der Waals surface area contributed by atoms with Gasteiger partial charge in [-0.2, -0.15) is 0 Å². The van der Waals surface area contributed by atoms with Gasteiger partial charge in [-0.15, -0.1) is 0 Å². The van der Waals surface area contributed by atoms with E-state index in [0.29, 0.717) is 0 Å². The number of rotatable bonds is 8. The van der Waals surface area contributed by atoms with Crippen LogP contribution >= 0.6 is 0 Å². The Labute approximate surface area is 186 Å². The molecule has 3 heteroatoms. The molecule has 4 rings (SSSR count). The number of hydrogen-bond acceptors (Lipinski definition) is 2. The summed E-state index contributed by atoms with van der Waals surface area (Å²) in [7, 11) is 0. The number of fused-ring (bicyclic) bond motifs is 1. The molecule has 4 aromatic rings. The maximum atomic E-state index is 5.03.